The van der Waals surface area contributed by atoms with Gasteiger partial charge in [-0.3, -0.25) is 9.09 Å². The van der Waals surface area contributed by atoms with Gasteiger partial charge >= 0.3 is 23.5 Å². The maximum atomic E-state index is 11.8. The van der Waals surface area contributed by atoms with Crippen LogP contribution in [0, 0.1) is 0 Å². The Labute approximate surface area is 252 Å². The summed E-state index contributed by atoms with van der Waals surface area (Å²) in [6.07, 6.45) is -0.643. The Kier molecular flexibility index (Phi) is 14.2. The van der Waals surface area contributed by atoms with Crippen molar-refractivity contribution in [3.8, 4) is 0 Å². The summed E-state index contributed by atoms with van der Waals surface area (Å²) in [4.78, 5) is 47.4. The number of phosphoric ester groups is 1. The van der Waals surface area contributed by atoms with Gasteiger partial charge in [0, 0.05) is 95.1 Å². The van der Waals surface area contributed by atoms with Gasteiger partial charge in [0.05, 0.1) is 19.0 Å². The second-order valence-electron chi connectivity index (χ2n) is 5.90. The van der Waals surface area contributed by atoms with Crippen LogP contribution in [0.5, 0.6) is 0 Å². The molecule has 17 nitrogen and oxygen atoms in total. The number of anilines is 1. The number of aliphatic hydroxyl groups is 1. The van der Waals surface area contributed by atoms with Crippen LogP contribution in [0.3, 0.4) is 0 Å². The van der Waals surface area contributed by atoms with Crippen LogP contribution in [-0.2, 0) is 31.6 Å². The fourth-order valence-corrected chi connectivity index (χ4v) is 5.62. The molecule has 7 N–H and O–H groups in total. The molecule has 5 atom stereocenters. The summed E-state index contributed by atoms with van der Waals surface area (Å²) in [5, 5.41) is 10.1. The van der Waals surface area contributed by atoms with Gasteiger partial charge < -0.3 is 35.2 Å². The van der Waals surface area contributed by atoms with Crippen molar-refractivity contribution in [3.05, 3.63) is 12.7 Å². The molecule has 2 aromatic heterocycles. The van der Waals surface area contributed by atoms with Crippen LogP contribution in [0.1, 0.15) is 12.6 Å². The van der Waals surface area contributed by atoms with E-state index in [1.165, 1.54) is 17.2 Å². The summed E-state index contributed by atoms with van der Waals surface area (Å²) in [5.74, 6) is 0.126. The molecule has 33 heavy (non-hydrogen) atoms. The Morgan fingerprint density at radius 1 is 1.06 bits per heavy atom. The van der Waals surface area contributed by atoms with Gasteiger partial charge in [0.25, 0.3) is 0 Å². The summed E-state index contributed by atoms with van der Waals surface area (Å²) < 4.78 is 52.3. The Bertz CT molecular complexity index is 1090. The number of hydrogen-bond donors (Lipinski definition) is 6. The van der Waals surface area contributed by atoms with Gasteiger partial charge in [-0.15, -0.1) is 0 Å². The molecule has 1 aliphatic heterocycles. The van der Waals surface area contributed by atoms with Gasteiger partial charge in [-0.25, -0.2) is 28.6 Å². The standard InChI is InChI=1S/C10H16N5O12P3.3Na/c11-9-8-10(13-3-12-9)15(4-14-8)7-1-5(16)6(25-7)2-24-29(20,21)27-30(22,23)26-28(17,18)19;;;/h3-7,16H,1-2H2,(H,20,21)(H,22,23)(H2,11,12,13)(H2,17,18,19);;;. The first-order valence-corrected chi connectivity index (χ1v) is 12.3. The van der Waals surface area contributed by atoms with Crippen molar-refractivity contribution in [2.45, 2.75) is 24.9 Å². The van der Waals surface area contributed by atoms with Crippen molar-refractivity contribution in [1.29, 1.82) is 0 Å². The van der Waals surface area contributed by atoms with Crippen LogP contribution in [-0.4, -0.2) is 152 Å². The zero-order chi connectivity index (χ0) is 22.3. The molecule has 0 spiro atoms. The van der Waals surface area contributed by atoms with E-state index < -0.39 is 48.5 Å². The maximum absolute atomic E-state index is 11.8. The molecule has 23 heteroatoms. The topological polar surface area (TPSA) is 259 Å². The van der Waals surface area contributed by atoms with Crippen molar-refractivity contribution in [2.24, 2.45) is 0 Å². The van der Waals surface area contributed by atoms with Crippen molar-refractivity contribution in [1.82, 2.24) is 19.5 Å². The smallest absolute Gasteiger partial charge is 0.390 e. The molecule has 3 heterocycles. The fourth-order valence-electron chi connectivity index (χ4n) is 2.59. The number of nitrogens with zero attached hydrogens (tertiary/aromatic N) is 4. The predicted molar refractivity (Wildman–Crippen MR) is 111 cm³/mol. The molecule has 3 radical (unpaired) electrons. The number of ether oxygens (including phenoxy) is 1. The maximum Gasteiger partial charge on any atom is 0.490 e. The molecule has 0 aliphatic carbocycles. The fraction of sp³-hybridized carbons (Fsp3) is 0.500. The number of phosphoric acid groups is 3. The number of hydrogen-bond acceptors (Lipinski definition) is 12. The second kappa shape index (κ2) is 13.5. The molecule has 1 saturated heterocycles. The van der Waals surface area contributed by atoms with Gasteiger partial charge in [0.2, 0.25) is 0 Å². The Morgan fingerprint density at radius 3 is 2.30 bits per heavy atom. The van der Waals surface area contributed by atoms with Gasteiger partial charge in [0.15, 0.2) is 11.5 Å². The molecule has 171 valence electrons. The van der Waals surface area contributed by atoms with E-state index in [1.54, 1.807) is 0 Å². The Balaban J connectivity index is 0.00000341. The van der Waals surface area contributed by atoms with Crippen molar-refractivity contribution in [2.75, 3.05) is 12.3 Å². The minimum Gasteiger partial charge on any atom is -0.390 e. The van der Waals surface area contributed by atoms with Crippen molar-refractivity contribution in [3.63, 3.8) is 0 Å². The molecule has 0 aromatic carbocycles. The summed E-state index contributed by atoms with van der Waals surface area (Å²) in [5.41, 5.74) is 6.31. The normalized spacial score (nSPS) is 24.1. The van der Waals surface area contributed by atoms with Crippen LogP contribution >= 0.6 is 23.5 Å². The van der Waals surface area contributed by atoms with Gasteiger partial charge in [-0.2, -0.15) is 8.62 Å². The van der Waals surface area contributed by atoms with Gasteiger partial charge in [-0.05, 0) is 0 Å². The largest absolute Gasteiger partial charge is 0.490 e. The molecule has 0 bridgehead atoms. The molecule has 3 rings (SSSR count). The summed E-state index contributed by atoms with van der Waals surface area (Å²) in [6.45, 7) is -0.787. The summed E-state index contributed by atoms with van der Waals surface area (Å²) in [7, 11) is -16.5. The first-order chi connectivity index (χ1) is 13.8. The van der Waals surface area contributed by atoms with E-state index in [2.05, 4.69) is 28.1 Å². The zero-order valence-electron chi connectivity index (χ0n) is 17.6. The monoisotopic (exact) mass is 560 g/mol. The number of aromatic nitrogens is 4. The van der Waals surface area contributed by atoms with Gasteiger partial charge in [-0.1, -0.05) is 0 Å². The summed E-state index contributed by atoms with van der Waals surface area (Å²) >= 11 is 0. The molecule has 2 aromatic rings. The number of nitrogens with two attached hydrogens (primary N) is 1. The van der Waals surface area contributed by atoms with Crippen LogP contribution in [0.4, 0.5) is 5.82 Å². The number of nitrogen functional groups attached to an aromatic ring is 1. The third-order valence-electron chi connectivity index (χ3n) is 3.72. The average molecular weight is 560 g/mol. The second-order valence-corrected chi connectivity index (χ2v) is 10.3. The third kappa shape index (κ3) is 9.82. The molecule has 0 amide bonds. The summed E-state index contributed by atoms with van der Waals surface area (Å²) in [6, 6.07) is 0. The van der Waals surface area contributed by atoms with Crippen molar-refractivity contribution < 1.29 is 56.3 Å². The van der Waals surface area contributed by atoms with Crippen LogP contribution in [0.2, 0.25) is 0 Å². The molecule has 1 fully saturated rings. The molecular weight excluding hydrogens is 544 g/mol. The molecular formula is C10H16N5Na3O12P3. The molecule has 1 aliphatic rings. The van der Waals surface area contributed by atoms with E-state index in [-0.39, 0.29) is 101 Å². The zero-order valence-corrected chi connectivity index (χ0v) is 26.3. The predicted octanol–water partition coefficient (Wildman–Crippen LogP) is -1.74. The van der Waals surface area contributed by atoms with Gasteiger partial charge in [0.1, 0.15) is 24.2 Å². The molecule has 0 saturated carbocycles. The number of imidazole rings is 1. The first kappa shape index (κ1) is 34.7. The Hall–Kier alpha value is 1.68. The molecule has 5 unspecified atom stereocenters. The SMILES string of the molecule is Nc1ncnc2c1ncn2C1CC(O)C(COP(=O)(O)OP(=O)(O)OP(=O)(O)O)O1.[Na].[Na].[Na]. The number of rotatable bonds is 8. The minimum atomic E-state index is -5.64. The number of aliphatic hydroxyl groups excluding tert-OH is 1. The number of fused-ring (bicyclic) bond motifs is 1. The third-order valence-corrected chi connectivity index (χ3v) is 7.52. The Morgan fingerprint density at radius 2 is 1.70 bits per heavy atom. The van der Waals surface area contributed by atoms with E-state index in [0.29, 0.717) is 11.2 Å². The van der Waals surface area contributed by atoms with Crippen molar-refractivity contribution >= 4 is 129 Å². The van der Waals surface area contributed by atoms with E-state index in [0.717, 1.165) is 0 Å². The first-order valence-electron chi connectivity index (χ1n) is 7.81. The van der Waals surface area contributed by atoms with Crippen LogP contribution in [0.25, 0.3) is 11.2 Å². The minimum absolute atomic E-state index is 0. The van der Waals surface area contributed by atoms with E-state index >= 15 is 0 Å². The average Bonchev–Trinajstić information content (AvgIpc) is 3.14. The van der Waals surface area contributed by atoms with Crippen LogP contribution in [0.15, 0.2) is 12.7 Å². The van der Waals surface area contributed by atoms with E-state index in [9.17, 15) is 23.7 Å². The quantitative estimate of drug-likeness (QED) is 0.155. The van der Waals surface area contributed by atoms with E-state index in [4.69, 9.17) is 25.2 Å². The van der Waals surface area contributed by atoms with Crippen LogP contribution < -0.4 is 5.73 Å². The van der Waals surface area contributed by atoms with E-state index in [1.807, 2.05) is 0 Å².